The molecule has 0 saturated carbocycles. The summed E-state index contributed by atoms with van der Waals surface area (Å²) in [5.41, 5.74) is 1.52. The summed E-state index contributed by atoms with van der Waals surface area (Å²) < 4.78 is 5.26. The summed E-state index contributed by atoms with van der Waals surface area (Å²) in [6, 6.07) is 7.21. The van der Waals surface area contributed by atoms with Crippen LogP contribution in [0.1, 0.15) is 40.7 Å². The fourth-order valence-corrected chi connectivity index (χ4v) is 4.05. The maximum absolute atomic E-state index is 12.5. The molecule has 0 atom stereocenters. The molecule has 6 heteroatoms. The van der Waals surface area contributed by atoms with Gasteiger partial charge in [0.25, 0.3) is 5.91 Å². The number of aromatic nitrogens is 1. The Bertz CT molecular complexity index is 736. The molecule has 0 radical (unpaired) electrons. The van der Waals surface area contributed by atoms with Gasteiger partial charge in [-0.25, -0.2) is 4.98 Å². The van der Waals surface area contributed by atoms with Crippen molar-refractivity contribution in [3.8, 4) is 5.75 Å². The van der Waals surface area contributed by atoms with Crippen molar-refractivity contribution >= 4 is 22.4 Å². The number of carbonyl (C=O) groups is 1. The first-order valence-corrected chi connectivity index (χ1v) is 9.51. The van der Waals surface area contributed by atoms with E-state index in [1.54, 1.807) is 30.6 Å². The second-order valence-corrected chi connectivity index (χ2v) is 7.72. The van der Waals surface area contributed by atoms with Crippen LogP contribution in [0.5, 0.6) is 5.75 Å². The Morgan fingerprint density at radius 2 is 2.08 bits per heavy atom. The molecule has 1 aromatic carbocycles. The maximum atomic E-state index is 12.5. The van der Waals surface area contributed by atoms with Gasteiger partial charge in [-0.15, -0.1) is 11.3 Å². The molecule has 0 aliphatic carbocycles. The third kappa shape index (κ3) is 4.38. The average Bonchev–Trinajstić information content (AvgIpc) is 2.96. The van der Waals surface area contributed by atoms with E-state index in [1.807, 2.05) is 19.1 Å². The zero-order valence-electron chi connectivity index (χ0n) is 15.0. The smallest absolute Gasteiger partial charge is 0.261 e. The monoisotopic (exact) mass is 359 g/mol. The van der Waals surface area contributed by atoms with Crippen LogP contribution in [-0.2, 0) is 6.54 Å². The number of thiazole rings is 1. The lowest BCUT2D eigenvalue weighted by molar-refractivity contribution is 0.102. The fourth-order valence-electron chi connectivity index (χ4n) is 3.05. The normalized spacial score (nSPS) is 16.0. The molecule has 134 valence electrons. The SMILES string of the molecule is COc1ccccc1C(=O)Nc1nc(C)c(CN2CCC(C)CC2)s1. The van der Waals surface area contributed by atoms with Crippen molar-refractivity contribution in [1.29, 1.82) is 0 Å². The molecule has 1 fully saturated rings. The van der Waals surface area contributed by atoms with Crippen LogP contribution in [-0.4, -0.2) is 36.0 Å². The summed E-state index contributed by atoms with van der Waals surface area (Å²) in [6.07, 6.45) is 2.52. The number of aryl methyl sites for hydroxylation is 1. The number of carbonyl (C=O) groups excluding carboxylic acids is 1. The molecule has 1 aliphatic rings. The van der Waals surface area contributed by atoms with E-state index >= 15 is 0 Å². The number of para-hydroxylation sites is 1. The van der Waals surface area contributed by atoms with E-state index in [2.05, 4.69) is 22.1 Å². The maximum Gasteiger partial charge on any atom is 0.261 e. The van der Waals surface area contributed by atoms with Crippen molar-refractivity contribution < 1.29 is 9.53 Å². The average molecular weight is 359 g/mol. The number of nitrogens with zero attached hydrogens (tertiary/aromatic N) is 2. The van der Waals surface area contributed by atoms with E-state index in [9.17, 15) is 4.79 Å². The van der Waals surface area contributed by atoms with Crippen molar-refractivity contribution in [1.82, 2.24) is 9.88 Å². The second kappa shape index (κ2) is 7.97. The number of piperidine rings is 1. The number of amides is 1. The van der Waals surface area contributed by atoms with Gasteiger partial charge in [0, 0.05) is 11.4 Å². The van der Waals surface area contributed by atoms with E-state index in [4.69, 9.17) is 4.74 Å². The number of nitrogens with one attached hydrogen (secondary N) is 1. The minimum absolute atomic E-state index is 0.190. The summed E-state index contributed by atoms with van der Waals surface area (Å²) >= 11 is 1.56. The quantitative estimate of drug-likeness (QED) is 0.878. The van der Waals surface area contributed by atoms with Crippen LogP contribution in [0.2, 0.25) is 0 Å². The number of anilines is 1. The Hall–Kier alpha value is -1.92. The van der Waals surface area contributed by atoms with Gasteiger partial charge in [-0.3, -0.25) is 15.0 Å². The summed E-state index contributed by atoms with van der Waals surface area (Å²) in [5, 5.41) is 3.56. The third-order valence-corrected chi connectivity index (χ3v) is 5.77. The van der Waals surface area contributed by atoms with Crippen molar-refractivity contribution in [2.24, 2.45) is 5.92 Å². The van der Waals surface area contributed by atoms with Gasteiger partial charge in [0.1, 0.15) is 5.75 Å². The molecule has 2 aromatic rings. The highest BCUT2D eigenvalue weighted by Gasteiger charge is 2.19. The Morgan fingerprint density at radius 3 is 2.80 bits per heavy atom. The Morgan fingerprint density at radius 1 is 1.36 bits per heavy atom. The van der Waals surface area contributed by atoms with E-state index in [-0.39, 0.29) is 5.91 Å². The molecule has 2 heterocycles. The highest BCUT2D eigenvalue weighted by molar-refractivity contribution is 7.15. The summed E-state index contributed by atoms with van der Waals surface area (Å²) in [5.74, 6) is 1.20. The molecule has 0 unspecified atom stereocenters. The topological polar surface area (TPSA) is 54.5 Å². The highest BCUT2D eigenvalue weighted by atomic mass is 32.1. The van der Waals surface area contributed by atoms with Gasteiger partial charge in [-0.05, 0) is 50.9 Å². The van der Waals surface area contributed by atoms with Gasteiger partial charge >= 0.3 is 0 Å². The number of benzene rings is 1. The van der Waals surface area contributed by atoms with Gasteiger partial charge in [0.2, 0.25) is 0 Å². The molecule has 0 bridgehead atoms. The van der Waals surface area contributed by atoms with Crippen molar-refractivity contribution in [2.45, 2.75) is 33.2 Å². The summed E-state index contributed by atoms with van der Waals surface area (Å²) in [7, 11) is 1.57. The third-order valence-electron chi connectivity index (χ3n) is 4.71. The minimum atomic E-state index is -0.190. The van der Waals surface area contributed by atoms with Crippen LogP contribution in [0.25, 0.3) is 0 Å². The second-order valence-electron chi connectivity index (χ2n) is 6.64. The number of ether oxygens (including phenoxy) is 1. The number of methoxy groups -OCH3 is 1. The zero-order valence-corrected chi connectivity index (χ0v) is 15.9. The Kier molecular flexibility index (Phi) is 5.71. The molecule has 1 aromatic heterocycles. The van der Waals surface area contributed by atoms with Crippen LogP contribution >= 0.6 is 11.3 Å². The molecule has 1 N–H and O–H groups in total. The number of likely N-dealkylation sites (tertiary alicyclic amines) is 1. The summed E-state index contributed by atoms with van der Waals surface area (Å²) in [6.45, 7) is 7.53. The van der Waals surface area contributed by atoms with Gasteiger partial charge in [-0.2, -0.15) is 0 Å². The predicted octanol–water partition coefficient (Wildman–Crippen LogP) is 3.94. The van der Waals surface area contributed by atoms with Gasteiger partial charge in [0.15, 0.2) is 5.13 Å². The first kappa shape index (κ1) is 17.9. The van der Waals surface area contributed by atoms with Gasteiger partial charge in [-0.1, -0.05) is 19.1 Å². The lowest BCUT2D eigenvalue weighted by Crippen LogP contribution is -2.32. The van der Waals surface area contributed by atoms with Crippen LogP contribution in [0, 0.1) is 12.8 Å². The van der Waals surface area contributed by atoms with Crippen LogP contribution in [0.15, 0.2) is 24.3 Å². The van der Waals surface area contributed by atoms with Crippen LogP contribution in [0.3, 0.4) is 0 Å². The molecular formula is C19H25N3O2S. The van der Waals surface area contributed by atoms with E-state index in [1.165, 1.54) is 17.7 Å². The van der Waals surface area contributed by atoms with Gasteiger partial charge < -0.3 is 4.74 Å². The van der Waals surface area contributed by atoms with E-state index < -0.39 is 0 Å². The van der Waals surface area contributed by atoms with Crippen molar-refractivity contribution in [3.05, 3.63) is 40.4 Å². The molecule has 3 rings (SSSR count). The zero-order chi connectivity index (χ0) is 17.8. The number of hydrogen-bond donors (Lipinski definition) is 1. The highest BCUT2D eigenvalue weighted by Crippen LogP contribution is 2.27. The fraction of sp³-hybridized carbons (Fsp3) is 0.474. The van der Waals surface area contributed by atoms with Crippen LogP contribution < -0.4 is 10.1 Å². The molecular weight excluding hydrogens is 334 g/mol. The molecule has 1 saturated heterocycles. The lowest BCUT2D eigenvalue weighted by Gasteiger charge is -2.29. The summed E-state index contributed by atoms with van der Waals surface area (Å²) in [4.78, 5) is 20.7. The molecule has 0 spiro atoms. The molecule has 1 amide bonds. The first-order chi connectivity index (χ1) is 12.1. The lowest BCUT2D eigenvalue weighted by atomic mass is 9.99. The van der Waals surface area contributed by atoms with Gasteiger partial charge in [0.05, 0.1) is 18.4 Å². The first-order valence-electron chi connectivity index (χ1n) is 8.70. The molecule has 5 nitrogen and oxygen atoms in total. The minimum Gasteiger partial charge on any atom is -0.496 e. The van der Waals surface area contributed by atoms with Crippen molar-refractivity contribution in [2.75, 3.05) is 25.5 Å². The van der Waals surface area contributed by atoms with Crippen molar-refractivity contribution in [3.63, 3.8) is 0 Å². The van der Waals surface area contributed by atoms with E-state index in [0.29, 0.717) is 16.4 Å². The predicted molar refractivity (Wildman–Crippen MR) is 101 cm³/mol. The molecule has 1 aliphatic heterocycles. The Labute approximate surface area is 153 Å². The standard InChI is InChI=1S/C19H25N3O2S/c1-13-8-10-22(11-9-13)12-17-14(2)20-19(25-17)21-18(23)15-6-4-5-7-16(15)24-3/h4-7,13H,8-12H2,1-3H3,(H,20,21,23). The molecule has 25 heavy (non-hydrogen) atoms. The number of rotatable bonds is 5. The largest absolute Gasteiger partial charge is 0.496 e. The Balaban J connectivity index is 1.67. The van der Waals surface area contributed by atoms with E-state index in [0.717, 1.165) is 31.2 Å². The number of hydrogen-bond acceptors (Lipinski definition) is 5. The van der Waals surface area contributed by atoms with Crippen LogP contribution in [0.4, 0.5) is 5.13 Å².